The topological polar surface area (TPSA) is 112 Å². The van der Waals surface area contributed by atoms with E-state index in [0.29, 0.717) is 34.7 Å². The molecule has 2 aromatic rings. The lowest BCUT2D eigenvalue weighted by atomic mass is 10.2. The second-order valence-electron chi connectivity index (χ2n) is 5.53. The molecule has 0 aliphatic heterocycles. The average Bonchev–Trinajstić information content (AvgIpc) is 2.69. The molecule has 0 unspecified atom stereocenters. The van der Waals surface area contributed by atoms with Gasteiger partial charge in [-0.05, 0) is 58.5 Å². The molecule has 0 aromatic heterocycles. The Labute approximate surface area is 180 Å². The predicted octanol–water partition coefficient (Wildman–Crippen LogP) is 3.52. The largest absolute Gasteiger partial charge is 0.496 e. The van der Waals surface area contributed by atoms with Gasteiger partial charge in [0.15, 0.2) is 5.11 Å². The molecule has 0 atom stereocenters. The van der Waals surface area contributed by atoms with E-state index in [0.717, 1.165) is 0 Å². The summed E-state index contributed by atoms with van der Waals surface area (Å²) in [5.41, 5.74) is 0.217. The minimum atomic E-state index is -0.575. The molecule has 2 aromatic carbocycles. The maximum Gasteiger partial charge on any atom is 0.296 e. The molecular formula is C18H18BrN3O6S. The van der Waals surface area contributed by atoms with E-state index in [1.54, 1.807) is 31.4 Å². The summed E-state index contributed by atoms with van der Waals surface area (Å²) in [5.74, 6) is 0.408. The fourth-order valence-corrected chi connectivity index (χ4v) is 2.91. The summed E-state index contributed by atoms with van der Waals surface area (Å²) in [6.07, 6.45) is 0. The smallest absolute Gasteiger partial charge is 0.296 e. The quantitative estimate of drug-likeness (QED) is 0.254. The van der Waals surface area contributed by atoms with Crippen LogP contribution >= 0.6 is 28.1 Å². The van der Waals surface area contributed by atoms with E-state index in [2.05, 4.69) is 26.6 Å². The van der Waals surface area contributed by atoms with Gasteiger partial charge >= 0.3 is 0 Å². The van der Waals surface area contributed by atoms with Crippen LogP contribution < -0.4 is 20.1 Å². The zero-order valence-corrected chi connectivity index (χ0v) is 18.0. The van der Waals surface area contributed by atoms with Crippen LogP contribution in [0.5, 0.6) is 11.5 Å². The SMILES string of the molecule is COCCOc1ccc(C(=O)NC(=S)Nc2ccc(OC)cc2[N+](=O)[O-])cc1Br. The summed E-state index contributed by atoms with van der Waals surface area (Å²) in [4.78, 5) is 23.1. The Bertz CT molecular complexity index is 924. The summed E-state index contributed by atoms with van der Waals surface area (Å²) in [6, 6.07) is 9.03. The van der Waals surface area contributed by atoms with E-state index in [1.807, 2.05) is 0 Å². The molecule has 0 saturated carbocycles. The molecule has 9 nitrogen and oxygen atoms in total. The number of nitro groups is 1. The number of anilines is 1. The zero-order valence-electron chi connectivity index (χ0n) is 15.6. The highest BCUT2D eigenvalue weighted by Crippen LogP contribution is 2.29. The first kappa shape index (κ1) is 22.5. The summed E-state index contributed by atoms with van der Waals surface area (Å²) in [7, 11) is 2.98. The van der Waals surface area contributed by atoms with Crippen molar-refractivity contribution in [3.8, 4) is 11.5 Å². The second kappa shape index (κ2) is 10.7. The van der Waals surface area contributed by atoms with Gasteiger partial charge in [-0.15, -0.1) is 0 Å². The van der Waals surface area contributed by atoms with Crippen LogP contribution in [0.25, 0.3) is 0 Å². The molecule has 1 amide bonds. The van der Waals surface area contributed by atoms with E-state index in [1.165, 1.54) is 19.2 Å². The first-order valence-electron chi connectivity index (χ1n) is 8.21. The number of ether oxygens (including phenoxy) is 3. The molecule has 0 aliphatic rings. The number of nitrogens with one attached hydrogen (secondary N) is 2. The molecule has 154 valence electrons. The minimum Gasteiger partial charge on any atom is -0.496 e. The van der Waals surface area contributed by atoms with Crippen molar-refractivity contribution in [1.29, 1.82) is 0 Å². The number of hydrogen-bond acceptors (Lipinski definition) is 7. The molecule has 0 saturated heterocycles. The molecule has 0 heterocycles. The monoisotopic (exact) mass is 483 g/mol. The second-order valence-corrected chi connectivity index (χ2v) is 6.80. The van der Waals surface area contributed by atoms with Crippen LogP contribution in [0.1, 0.15) is 10.4 Å². The number of halogens is 1. The van der Waals surface area contributed by atoms with E-state index in [4.69, 9.17) is 26.4 Å². The average molecular weight is 484 g/mol. The third-order valence-electron chi connectivity index (χ3n) is 3.62. The van der Waals surface area contributed by atoms with Gasteiger partial charge in [-0.25, -0.2) is 0 Å². The van der Waals surface area contributed by atoms with Gasteiger partial charge in [0, 0.05) is 12.7 Å². The number of benzene rings is 2. The van der Waals surface area contributed by atoms with Crippen molar-refractivity contribution in [3.05, 3.63) is 56.5 Å². The lowest BCUT2D eigenvalue weighted by Gasteiger charge is -2.12. The summed E-state index contributed by atoms with van der Waals surface area (Å²) < 4.78 is 16.0. The molecule has 2 rings (SSSR count). The Balaban J connectivity index is 2.05. The number of carbonyl (C=O) groups is 1. The van der Waals surface area contributed by atoms with Gasteiger partial charge in [0.2, 0.25) is 0 Å². The van der Waals surface area contributed by atoms with Crippen molar-refractivity contribution in [2.75, 3.05) is 32.8 Å². The van der Waals surface area contributed by atoms with Crippen LogP contribution in [0.3, 0.4) is 0 Å². The highest BCUT2D eigenvalue weighted by molar-refractivity contribution is 9.10. The molecular weight excluding hydrogens is 466 g/mol. The minimum absolute atomic E-state index is 0.0835. The van der Waals surface area contributed by atoms with Crippen LogP contribution in [0, 0.1) is 10.1 Å². The third-order valence-corrected chi connectivity index (χ3v) is 4.44. The Kier molecular flexibility index (Phi) is 8.31. The molecule has 2 N–H and O–H groups in total. The van der Waals surface area contributed by atoms with Crippen molar-refractivity contribution in [3.63, 3.8) is 0 Å². The lowest BCUT2D eigenvalue weighted by molar-refractivity contribution is -0.384. The number of nitrogens with zero attached hydrogens (tertiary/aromatic N) is 1. The first-order chi connectivity index (χ1) is 13.8. The molecule has 29 heavy (non-hydrogen) atoms. The number of rotatable bonds is 8. The van der Waals surface area contributed by atoms with Gasteiger partial charge < -0.3 is 19.5 Å². The van der Waals surface area contributed by atoms with Crippen molar-refractivity contribution in [2.45, 2.75) is 0 Å². The number of hydrogen-bond donors (Lipinski definition) is 2. The normalized spacial score (nSPS) is 10.2. The summed E-state index contributed by atoms with van der Waals surface area (Å²) in [5, 5.41) is 16.3. The summed E-state index contributed by atoms with van der Waals surface area (Å²) >= 11 is 8.45. The Morgan fingerprint density at radius 3 is 2.59 bits per heavy atom. The number of methoxy groups -OCH3 is 2. The van der Waals surface area contributed by atoms with Crippen LogP contribution in [0.15, 0.2) is 40.9 Å². The predicted molar refractivity (Wildman–Crippen MR) is 115 cm³/mol. The van der Waals surface area contributed by atoms with Crippen molar-refractivity contribution in [1.82, 2.24) is 5.32 Å². The van der Waals surface area contributed by atoms with E-state index >= 15 is 0 Å². The van der Waals surface area contributed by atoms with Gasteiger partial charge in [-0.3, -0.25) is 20.2 Å². The Hall–Kier alpha value is -2.76. The third kappa shape index (κ3) is 6.38. The van der Waals surface area contributed by atoms with Crippen molar-refractivity contribution < 1.29 is 23.9 Å². The highest BCUT2D eigenvalue weighted by atomic mass is 79.9. The highest BCUT2D eigenvalue weighted by Gasteiger charge is 2.17. The van der Waals surface area contributed by atoms with Gasteiger partial charge in [0.05, 0.1) is 29.2 Å². The maximum atomic E-state index is 12.4. The zero-order chi connectivity index (χ0) is 21.4. The number of carbonyl (C=O) groups excluding carboxylic acids is 1. The standard InChI is InChI=1S/C18H18BrN3O6S/c1-26-7-8-28-16-6-3-11(9-13(16)19)17(23)21-18(29)20-14-5-4-12(27-2)10-15(14)22(24)25/h3-6,9-10H,7-8H2,1-2H3,(H2,20,21,23,29). The first-order valence-corrected chi connectivity index (χ1v) is 9.42. The van der Waals surface area contributed by atoms with Crippen LogP contribution in [-0.2, 0) is 4.74 Å². The van der Waals surface area contributed by atoms with E-state index in [9.17, 15) is 14.9 Å². The Morgan fingerprint density at radius 2 is 1.97 bits per heavy atom. The van der Waals surface area contributed by atoms with Gasteiger partial charge in [-0.2, -0.15) is 0 Å². The number of thiocarbonyl (C=S) groups is 1. The lowest BCUT2D eigenvalue weighted by Crippen LogP contribution is -2.34. The molecule has 0 aliphatic carbocycles. The fourth-order valence-electron chi connectivity index (χ4n) is 2.22. The van der Waals surface area contributed by atoms with Crippen LogP contribution in [0.4, 0.5) is 11.4 Å². The summed E-state index contributed by atoms with van der Waals surface area (Å²) in [6.45, 7) is 0.807. The molecule has 0 radical (unpaired) electrons. The van der Waals surface area contributed by atoms with E-state index in [-0.39, 0.29) is 16.5 Å². The molecule has 0 bridgehead atoms. The molecule has 11 heteroatoms. The van der Waals surface area contributed by atoms with Gasteiger partial charge in [-0.1, -0.05) is 0 Å². The van der Waals surface area contributed by atoms with Gasteiger partial charge in [0.25, 0.3) is 11.6 Å². The number of nitro benzene ring substituents is 1. The fraction of sp³-hybridized carbons (Fsp3) is 0.222. The van der Waals surface area contributed by atoms with Crippen molar-refractivity contribution in [2.24, 2.45) is 0 Å². The van der Waals surface area contributed by atoms with E-state index < -0.39 is 10.8 Å². The van der Waals surface area contributed by atoms with Crippen LogP contribution in [-0.4, -0.2) is 43.4 Å². The van der Waals surface area contributed by atoms with Crippen LogP contribution in [0.2, 0.25) is 0 Å². The van der Waals surface area contributed by atoms with Gasteiger partial charge in [0.1, 0.15) is 23.8 Å². The number of amides is 1. The maximum absolute atomic E-state index is 12.4. The Morgan fingerprint density at radius 1 is 1.21 bits per heavy atom. The molecule has 0 spiro atoms. The van der Waals surface area contributed by atoms with Crippen molar-refractivity contribution >= 4 is 50.5 Å². The molecule has 0 fully saturated rings.